The molecule has 0 aliphatic rings. The Hall–Kier alpha value is -0.870. The van der Waals surface area contributed by atoms with Crippen LogP contribution in [0.25, 0.3) is 0 Å². The van der Waals surface area contributed by atoms with Gasteiger partial charge in [-0.25, -0.2) is 9.35 Å². The van der Waals surface area contributed by atoms with Gasteiger partial charge in [0.1, 0.15) is 11.0 Å². The van der Waals surface area contributed by atoms with Crippen molar-refractivity contribution in [1.29, 1.82) is 0 Å². The van der Waals surface area contributed by atoms with Crippen LogP contribution in [0, 0.1) is 6.92 Å². The molecule has 4 heteroatoms. The number of hydrogen-bond donors (Lipinski definition) is 2. The third-order valence-corrected chi connectivity index (χ3v) is 2.17. The number of nitrogen functional groups attached to an aromatic ring is 1. The minimum Gasteiger partial charge on any atom is -0.398 e. The van der Waals surface area contributed by atoms with Gasteiger partial charge in [-0.3, -0.25) is 0 Å². The summed E-state index contributed by atoms with van der Waals surface area (Å²) in [6, 6.07) is 5.28. The molecule has 0 fully saturated rings. The topological polar surface area (TPSA) is 69.1 Å². The second-order valence-corrected chi connectivity index (χ2v) is 3.37. The van der Waals surface area contributed by atoms with Gasteiger partial charge >= 0.3 is 0 Å². The van der Waals surface area contributed by atoms with E-state index in [9.17, 15) is 4.21 Å². The SMILES string of the molecule is CC.Cc1ccc(N)c(S(N)=O)c1. The molecule has 0 aliphatic heterocycles. The molecule has 1 rings (SSSR count). The predicted molar refractivity (Wildman–Crippen MR) is 57.5 cm³/mol. The van der Waals surface area contributed by atoms with Crippen molar-refractivity contribution in [2.24, 2.45) is 5.14 Å². The maximum Gasteiger partial charge on any atom is 0.124 e. The van der Waals surface area contributed by atoms with Crippen molar-refractivity contribution < 1.29 is 4.21 Å². The van der Waals surface area contributed by atoms with Crippen LogP contribution in [-0.4, -0.2) is 4.21 Å². The monoisotopic (exact) mass is 200 g/mol. The molecule has 0 radical (unpaired) electrons. The van der Waals surface area contributed by atoms with Crippen LogP contribution in [0.5, 0.6) is 0 Å². The van der Waals surface area contributed by atoms with Crippen LogP contribution >= 0.6 is 0 Å². The van der Waals surface area contributed by atoms with Gasteiger partial charge in [-0.05, 0) is 24.6 Å². The predicted octanol–water partition coefficient (Wildman–Crippen LogP) is 1.58. The van der Waals surface area contributed by atoms with Gasteiger partial charge in [0.2, 0.25) is 0 Å². The minimum atomic E-state index is -1.48. The van der Waals surface area contributed by atoms with Crippen molar-refractivity contribution in [3.63, 3.8) is 0 Å². The van der Waals surface area contributed by atoms with Crippen LogP contribution in [0.1, 0.15) is 19.4 Å². The number of hydrogen-bond acceptors (Lipinski definition) is 2. The highest BCUT2D eigenvalue weighted by Crippen LogP contribution is 2.15. The lowest BCUT2D eigenvalue weighted by Crippen LogP contribution is -2.06. The maximum atomic E-state index is 10.8. The second-order valence-electron chi connectivity index (χ2n) is 2.34. The third kappa shape index (κ3) is 3.57. The lowest BCUT2D eigenvalue weighted by molar-refractivity contribution is 0.684. The number of rotatable bonds is 1. The first-order chi connectivity index (χ1) is 6.11. The molecular weight excluding hydrogens is 184 g/mol. The fraction of sp³-hybridized carbons (Fsp3) is 0.333. The quantitative estimate of drug-likeness (QED) is 0.676. The summed E-state index contributed by atoms with van der Waals surface area (Å²) < 4.78 is 10.8. The molecule has 3 nitrogen and oxygen atoms in total. The van der Waals surface area contributed by atoms with E-state index >= 15 is 0 Å². The van der Waals surface area contributed by atoms with Gasteiger partial charge in [-0.15, -0.1) is 0 Å². The van der Waals surface area contributed by atoms with Gasteiger partial charge in [-0.2, -0.15) is 0 Å². The Morgan fingerprint density at radius 1 is 1.31 bits per heavy atom. The summed E-state index contributed by atoms with van der Waals surface area (Å²) in [4.78, 5) is 0.505. The highest BCUT2D eigenvalue weighted by molar-refractivity contribution is 7.82. The fourth-order valence-corrected chi connectivity index (χ4v) is 1.42. The Kier molecular flexibility index (Phi) is 5.34. The Bertz CT molecular complexity index is 300. The van der Waals surface area contributed by atoms with E-state index < -0.39 is 11.0 Å². The first-order valence-corrected chi connectivity index (χ1v) is 5.35. The van der Waals surface area contributed by atoms with Crippen LogP contribution in [0.3, 0.4) is 0 Å². The second kappa shape index (κ2) is 5.72. The maximum absolute atomic E-state index is 10.8. The van der Waals surface area contributed by atoms with E-state index in [2.05, 4.69) is 0 Å². The lowest BCUT2D eigenvalue weighted by atomic mass is 10.2. The van der Waals surface area contributed by atoms with Gasteiger partial charge < -0.3 is 5.73 Å². The molecule has 0 spiro atoms. The first kappa shape index (κ1) is 12.1. The van der Waals surface area contributed by atoms with Crippen LogP contribution in [0.4, 0.5) is 5.69 Å². The van der Waals surface area contributed by atoms with E-state index in [0.717, 1.165) is 5.56 Å². The summed E-state index contributed by atoms with van der Waals surface area (Å²) in [7, 11) is -1.48. The molecule has 1 aromatic rings. The van der Waals surface area contributed by atoms with Crippen LogP contribution in [0.15, 0.2) is 23.1 Å². The smallest absolute Gasteiger partial charge is 0.124 e. The van der Waals surface area contributed by atoms with Gasteiger partial charge in [-0.1, -0.05) is 19.9 Å². The summed E-state index contributed by atoms with van der Waals surface area (Å²) in [5, 5.41) is 5.18. The van der Waals surface area contributed by atoms with E-state index in [1.807, 2.05) is 26.8 Å². The van der Waals surface area contributed by atoms with Crippen molar-refractivity contribution in [2.75, 3.05) is 5.73 Å². The summed E-state index contributed by atoms with van der Waals surface area (Å²) in [6.07, 6.45) is 0. The molecule has 13 heavy (non-hydrogen) atoms. The highest BCUT2D eigenvalue weighted by atomic mass is 32.2. The number of nitrogens with two attached hydrogens (primary N) is 2. The average molecular weight is 200 g/mol. The molecule has 0 saturated carbocycles. The molecule has 0 aliphatic carbocycles. The molecule has 74 valence electrons. The van der Waals surface area contributed by atoms with Gasteiger partial charge in [0.15, 0.2) is 0 Å². The standard InChI is InChI=1S/C7H10N2OS.C2H6/c1-5-2-3-6(8)7(4-5)11(9)10;1-2/h2-4H,8-9H2,1H3;1-2H3. The lowest BCUT2D eigenvalue weighted by Gasteiger charge is -2.01. The summed E-state index contributed by atoms with van der Waals surface area (Å²) >= 11 is 0. The molecule has 0 bridgehead atoms. The molecule has 0 amide bonds. The van der Waals surface area contributed by atoms with Gasteiger partial charge in [0.05, 0.1) is 4.90 Å². The molecule has 1 unspecified atom stereocenters. The van der Waals surface area contributed by atoms with E-state index in [1.54, 1.807) is 12.1 Å². The number of benzene rings is 1. The van der Waals surface area contributed by atoms with Crippen molar-refractivity contribution in [3.05, 3.63) is 23.8 Å². The van der Waals surface area contributed by atoms with Gasteiger partial charge in [0, 0.05) is 5.69 Å². The third-order valence-electron chi connectivity index (χ3n) is 1.39. The average Bonchev–Trinajstić information content (AvgIpc) is 2.12. The van der Waals surface area contributed by atoms with Crippen molar-refractivity contribution >= 4 is 16.7 Å². The molecular formula is C9H16N2OS. The normalized spacial score (nSPS) is 11.4. The van der Waals surface area contributed by atoms with E-state index in [1.165, 1.54) is 0 Å². The zero-order chi connectivity index (χ0) is 10.4. The Morgan fingerprint density at radius 2 is 1.85 bits per heavy atom. The number of aryl methyl sites for hydroxylation is 1. The molecule has 0 heterocycles. The zero-order valence-electron chi connectivity index (χ0n) is 8.20. The minimum absolute atomic E-state index is 0.483. The van der Waals surface area contributed by atoms with Crippen molar-refractivity contribution in [2.45, 2.75) is 25.7 Å². The molecule has 4 N–H and O–H groups in total. The van der Waals surface area contributed by atoms with Crippen molar-refractivity contribution in [1.82, 2.24) is 0 Å². The number of anilines is 1. The summed E-state index contributed by atoms with van der Waals surface area (Å²) in [5.74, 6) is 0. The van der Waals surface area contributed by atoms with Crippen molar-refractivity contribution in [3.8, 4) is 0 Å². The van der Waals surface area contributed by atoms with E-state index in [0.29, 0.717) is 10.6 Å². The summed E-state index contributed by atoms with van der Waals surface area (Å²) in [5.41, 5.74) is 7.01. The van der Waals surface area contributed by atoms with Crippen LogP contribution in [-0.2, 0) is 11.0 Å². The highest BCUT2D eigenvalue weighted by Gasteiger charge is 2.02. The molecule has 1 aromatic carbocycles. The Labute approximate surface area is 81.7 Å². The van der Waals surface area contributed by atoms with Gasteiger partial charge in [0.25, 0.3) is 0 Å². The summed E-state index contributed by atoms with van der Waals surface area (Å²) in [6.45, 7) is 5.90. The van der Waals surface area contributed by atoms with Crippen LogP contribution < -0.4 is 10.9 Å². The Morgan fingerprint density at radius 3 is 2.23 bits per heavy atom. The Balaban J connectivity index is 0.000000671. The fourth-order valence-electron chi connectivity index (χ4n) is 0.816. The zero-order valence-corrected chi connectivity index (χ0v) is 9.02. The van der Waals surface area contributed by atoms with E-state index in [-0.39, 0.29) is 0 Å². The molecule has 0 aromatic heterocycles. The van der Waals surface area contributed by atoms with E-state index in [4.69, 9.17) is 10.9 Å². The van der Waals surface area contributed by atoms with Crippen LogP contribution in [0.2, 0.25) is 0 Å². The molecule has 0 saturated heterocycles. The molecule has 1 atom stereocenters. The largest absolute Gasteiger partial charge is 0.398 e. The first-order valence-electron chi connectivity index (χ1n) is 4.13.